The third-order valence-corrected chi connectivity index (χ3v) is 5.80. The van der Waals surface area contributed by atoms with Crippen molar-refractivity contribution in [1.82, 2.24) is 5.32 Å². The molecule has 0 aliphatic carbocycles. The molecule has 2 heterocycles. The van der Waals surface area contributed by atoms with Crippen molar-refractivity contribution in [2.45, 2.75) is 24.8 Å². The summed E-state index contributed by atoms with van der Waals surface area (Å²) in [6.45, 7) is 1.06. The Morgan fingerprint density at radius 3 is 2.67 bits per heavy atom. The van der Waals surface area contributed by atoms with Crippen LogP contribution in [0.2, 0.25) is 0 Å². The molecule has 0 spiro atoms. The lowest BCUT2D eigenvalue weighted by Crippen LogP contribution is -2.50. The molecule has 0 fully saturated rings. The third kappa shape index (κ3) is 6.07. The highest BCUT2D eigenvalue weighted by Gasteiger charge is 2.37. The molecule has 0 aromatic carbocycles. The predicted octanol–water partition coefficient (Wildman–Crippen LogP) is 0.638. The molecule has 1 aromatic rings. The summed E-state index contributed by atoms with van der Waals surface area (Å²) < 4.78 is 4.85. The molecule has 27 heavy (non-hydrogen) atoms. The first-order valence-electron chi connectivity index (χ1n) is 7.88. The molecule has 9 nitrogen and oxygen atoms in total. The van der Waals surface area contributed by atoms with Gasteiger partial charge in [0.1, 0.15) is 17.7 Å². The maximum atomic E-state index is 12.1. The minimum Gasteiger partial charge on any atom is -0.480 e. The number of rotatable bonds is 8. The van der Waals surface area contributed by atoms with E-state index >= 15 is 0 Å². The van der Waals surface area contributed by atoms with Gasteiger partial charge >= 0.3 is 17.9 Å². The quantitative estimate of drug-likeness (QED) is 0.526. The van der Waals surface area contributed by atoms with Crippen LogP contribution in [-0.4, -0.2) is 63.5 Å². The Morgan fingerprint density at radius 1 is 1.37 bits per heavy atom. The van der Waals surface area contributed by atoms with E-state index in [0.29, 0.717) is 0 Å². The van der Waals surface area contributed by atoms with Gasteiger partial charge in [-0.2, -0.15) is 0 Å². The number of nitrogens with one attached hydrogen (secondary N) is 1. The van der Waals surface area contributed by atoms with E-state index in [1.807, 2.05) is 0 Å². The third-order valence-electron chi connectivity index (χ3n) is 3.61. The molecule has 1 aromatic heterocycles. The van der Waals surface area contributed by atoms with Crippen molar-refractivity contribution >= 4 is 52.6 Å². The number of aliphatic imine (C=N–C) groups is 1. The Bertz CT molecular complexity index is 748. The number of amides is 1. The van der Waals surface area contributed by atoms with Crippen molar-refractivity contribution in [3.8, 4) is 0 Å². The number of nitrogens with zero attached hydrogens (tertiary/aromatic N) is 1. The van der Waals surface area contributed by atoms with Crippen LogP contribution in [0.3, 0.4) is 0 Å². The molecule has 1 amide bonds. The molecule has 11 heteroatoms. The molecule has 2 rings (SSSR count). The van der Waals surface area contributed by atoms with Crippen LogP contribution >= 0.6 is 23.1 Å². The Balaban J connectivity index is 2.11. The van der Waals surface area contributed by atoms with Crippen LogP contribution in [0.5, 0.6) is 0 Å². The summed E-state index contributed by atoms with van der Waals surface area (Å²) >= 11 is 2.47. The molecule has 0 saturated carbocycles. The first-order valence-corrected chi connectivity index (χ1v) is 9.81. The Kier molecular flexibility index (Phi) is 7.36. The lowest BCUT2D eigenvalue weighted by molar-refractivity contribution is -0.142. The van der Waals surface area contributed by atoms with Crippen LogP contribution in [0.4, 0.5) is 0 Å². The zero-order chi connectivity index (χ0) is 20.0. The van der Waals surface area contributed by atoms with Crippen molar-refractivity contribution in [2.24, 2.45) is 10.9 Å². The van der Waals surface area contributed by atoms with Gasteiger partial charge in [-0.3, -0.25) is 14.6 Å². The molecule has 0 saturated heterocycles. The van der Waals surface area contributed by atoms with Crippen LogP contribution < -0.4 is 5.32 Å². The highest BCUT2D eigenvalue weighted by atomic mass is 32.2. The van der Waals surface area contributed by atoms with Crippen molar-refractivity contribution in [3.63, 3.8) is 0 Å². The first-order chi connectivity index (χ1) is 12.8. The Labute approximate surface area is 162 Å². The minimum absolute atomic E-state index is 0.0312. The van der Waals surface area contributed by atoms with E-state index in [-0.39, 0.29) is 24.5 Å². The first kappa shape index (κ1) is 20.9. The van der Waals surface area contributed by atoms with Crippen molar-refractivity contribution in [3.05, 3.63) is 22.4 Å². The summed E-state index contributed by atoms with van der Waals surface area (Å²) in [6, 6.07) is 2.17. The number of esters is 1. The summed E-state index contributed by atoms with van der Waals surface area (Å²) in [5, 5.41) is 22.0. The van der Waals surface area contributed by atoms with E-state index in [2.05, 4.69) is 10.3 Å². The molecule has 1 unspecified atom stereocenters. The molecule has 0 bridgehead atoms. The fourth-order valence-corrected chi connectivity index (χ4v) is 4.32. The molecule has 3 N–H and O–H groups in total. The number of carboxylic acid groups (broad SMARTS) is 2. The molecule has 3 atom stereocenters. The monoisotopic (exact) mass is 414 g/mol. The van der Waals surface area contributed by atoms with Crippen molar-refractivity contribution < 1.29 is 34.1 Å². The van der Waals surface area contributed by atoms with E-state index in [1.165, 1.54) is 18.3 Å². The predicted molar refractivity (Wildman–Crippen MR) is 99.0 cm³/mol. The highest BCUT2D eigenvalue weighted by molar-refractivity contribution is 8.00. The summed E-state index contributed by atoms with van der Waals surface area (Å²) in [7, 11) is 0. The van der Waals surface area contributed by atoms with Crippen LogP contribution in [0, 0.1) is 5.92 Å². The van der Waals surface area contributed by atoms with Crippen LogP contribution in [0.1, 0.15) is 11.8 Å². The molecular formula is C16H18N2O7S2. The standard InChI is InChI=1S/C16H18N2O7S2/c1-8(19)25-6-9-7-27-14(18-12(9)15(21)22)13(16(23)24)17-11(20)5-10-3-2-4-26-10/h2-4,9,13-14H,5-7H2,1H3,(H,17,20)(H,21,22)(H,23,24)/t9?,13-,14+/m0/s1. The van der Waals surface area contributed by atoms with Gasteiger partial charge in [0.2, 0.25) is 5.91 Å². The average Bonchev–Trinajstić information content (AvgIpc) is 3.10. The number of ether oxygens (including phenoxy) is 1. The zero-order valence-electron chi connectivity index (χ0n) is 14.3. The van der Waals surface area contributed by atoms with Gasteiger partial charge in [0.15, 0.2) is 6.04 Å². The van der Waals surface area contributed by atoms with Gasteiger partial charge in [0.05, 0.1) is 12.3 Å². The number of hydrogen-bond acceptors (Lipinski definition) is 8. The maximum absolute atomic E-state index is 12.1. The van der Waals surface area contributed by atoms with Crippen LogP contribution in [0.15, 0.2) is 22.5 Å². The molecular weight excluding hydrogens is 396 g/mol. The van der Waals surface area contributed by atoms with Crippen LogP contribution in [-0.2, 0) is 30.3 Å². The van der Waals surface area contributed by atoms with Gasteiger partial charge in [0.25, 0.3) is 0 Å². The van der Waals surface area contributed by atoms with Gasteiger partial charge < -0.3 is 20.3 Å². The Morgan fingerprint density at radius 2 is 2.11 bits per heavy atom. The van der Waals surface area contributed by atoms with E-state index < -0.39 is 41.1 Å². The Hall–Kier alpha value is -2.40. The molecule has 1 aliphatic heterocycles. The number of carbonyl (C=O) groups is 4. The molecule has 146 valence electrons. The lowest BCUT2D eigenvalue weighted by atomic mass is 10.1. The maximum Gasteiger partial charge on any atom is 0.350 e. The second kappa shape index (κ2) is 9.51. The SMILES string of the molecule is CC(=O)OCC1CS[C@H]([C@H](NC(=O)Cc2cccs2)C(=O)O)N=C1C(=O)O. The van der Waals surface area contributed by atoms with Gasteiger partial charge in [0, 0.05) is 17.6 Å². The normalized spacial score (nSPS) is 20.3. The van der Waals surface area contributed by atoms with Gasteiger partial charge in [-0.1, -0.05) is 6.07 Å². The number of carboxylic acids is 2. The molecule has 1 aliphatic rings. The number of thiophene rings is 1. The number of aliphatic carboxylic acids is 2. The van der Waals surface area contributed by atoms with Crippen molar-refractivity contribution in [1.29, 1.82) is 0 Å². The minimum atomic E-state index is -1.37. The zero-order valence-corrected chi connectivity index (χ0v) is 15.9. The van der Waals surface area contributed by atoms with E-state index in [4.69, 9.17) is 4.74 Å². The second-order valence-corrected chi connectivity index (χ2v) is 7.86. The van der Waals surface area contributed by atoms with Gasteiger partial charge in [-0.15, -0.1) is 23.1 Å². The smallest absolute Gasteiger partial charge is 0.350 e. The molecule has 0 radical (unpaired) electrons. The van der Waals surface area contributed by atoms with Gasteiger partial charge in [-0.25, -0.2) is 9.59 Å². The summed E-state index contributed by atoms with van der Waals surface area (Å²) in [5.41, 5.74) is -0.265. The van der Waals surface area contributed by atoms with E-state index in [9.17, 15) is 29.4 Å². The van der Waals surface area contributed by atoms with Crippen molar-refractivity contribution in [2.75, 3.05) is 12.4 Å². The summed E-state index contributed by atoms with van der Waals surface area (Å²) in [4.78, 5) is 50.9. The second-order valence-electron chi connectivity index (χ2n) is 5.68. The largest absolute Gasteiger partial charge is 0.480 e. The fourth-order valence-electron chi connectivity index (χ4n) is 2.37. The number of hydrogen-bond donors (Lipinski definition) is 3. The summed E-state index contributed by atoms with van der Waals surface area (Å²) in [5.74, 6) is -4.10. The average molecular weight is 414 g/mol. The topological polar surface area (TPSA) is 142 Å². The van der Waals surface area contributed by atoms with E-state index in [1.54, 1.807) is 17.5 Å². The number of thioether (sulfide) groups is 1. The van der Waals surface area contributed by atoms with Crippen LogP contribution in [0.25, 0.3) is 0 Å². The van der Waals surface area contributed by atoms with E-state index in [0.717, 1.165) is 16.6 Å². The van der Waals surface area contributed by atoms with Gasteiger partial charge in [-0.05, 0) is 11.4 Å². The fraction of sp³-hybridized carbons (Fsp3) is 0.438. The number of carbonyl (C=O) groups excluding carboxylic acids is 2. The summed E-state index contributed by atoms with van der Waals surface area (Å²) in [6.07, 6.45) is 0.0312. The highest BCUT2D eigenvalue weighted by Crippen LogP contribution is 2.27. The lowest BCUT2D eigenvalue weighted by Gasteiger charge is -2.28.